The van der Waals surface area contributed by atoms with Crippen molar-refractivity contribution in [3.63, 3.8) is 0 Å². The first-order chi connectivity index (χ1) is 7.45. The zero-order valence-corrected chi connectivity index (χ0v) is 11.5. The molecule has 0 aromatic rings. The molecule has 0 saturated heterocycles. The Balaban J connectivity index is 3.85. The second kappa shape index (κ2) is 8.04. The molecule has 3 heteroatoms. The molecule has 0 aliphatic rings. The predicted octanol–water partition coefficient (Wildman–Crippen LogP) is 2.19. The van der Waals surface area contributed by atoms with Crippen LogP contribution in [-0.2, 0) is 4.74 Å². The first-order valence-corrected chi connectivity index (χ1v) is 6.42. The van der Waals surface area contributed by atoms with E-state index in [-0.39, 0.29) is 18.2 Å². The molecule has 0 spiro atoms. The number of rotatable bonds is 9. The van der Waals surface area contributed by atoms with Crippen LogP contribution < -0.4 is 5.32 Å². The van der Waals surface area contributed by atoms with Gasteiger partial charge in [-0.15, -0.1) is 0 Å². The van der Waals surface area contributed by atoms with E-state index in [1.54, 1.807) is 0 Å². The highest BCUT2D eigenvalue weighted by Gasteiger charge is 2.22. The number of ether oxygens (including phenoxy) is 1. The molecule has 0 radical (unpaired) electrons. The summed E-state index contributed by atoms with van der Waals surface area (Å²) in [5, 5.41) is 12.7. The van der Waals surface area contributed by atoms with Crippen LogP contribution in [0.1, 0.15) is 47.5 Å². The minimum absolute atomic E-state index is 0.159. The Kier molecular flexibility index (Phi) is 7.98. The van der Waals surface area contributed by atoms with Crippen LogP contribution in [-0.4, -0.2) is 36.5 Å². The largest absolute Gasteiger partial charge is 0.394 e. The van der Waals surface area contributed by atoms with Gasteiger partial charge in [0.1, 0.15) is 0 Å². The summed E-state index contributed by atoms with van der Waals surface area (Å²) in [5.41, 5.74) is -0.202. The number of nitrogens with one attached hydrogen (secondary N) is 1. The number of hydrogen-bond acceptors (Lipinski definition) is 3. The number of hydrogen-bond donors (Lipinski definition) is 2. The van der Waals surface area contributed by atoms with Crippen molar-refractivity contribution < 1.29 is 9.84 Å². The van der Waals surface area contributed by atoms with Gasteiger partial charge >= 0.3 is 0 Å². The summed E-state index contributed by atoms with van der Waals surface area (Å²) in [5.74, 6) is 0.545. The van der Waals surface area contributed by atoms with Crippen LogP contribution in [0.15, 0.2) is 0 Å². The molecule has 3 nitrogen and oxygen atoms in total. The summed E-state index contributed by atoms with van der Waals surface area (Å²) in [6, 6.07) is 0. The van der Waals surface area contributed by atoms with Gasteiger partial charge in [-0.3, -0.25) is 0 Å². The first kappa shape index (κ1) is 15.9. The van der Waals surface area contributed by atoms with Crippen LogP contribution >= 0.6 is 0 Å². The SMILES string of the molecule is CCCNC(C)(CO)CCOC(C)C(C)C. The molecular weight excluding hydrogens is 202 g/mol. The third-order valence-corrected chi connectivity index (χ3v) is 3.12. The lowest BCUT2D eigenvalue weighted by atomic mass is 9.99. The van der Waals surface area contributed by atoms with Gasteiger partial charge in [0, 0.05) is 12.1 Å². The van der Waals surface area contributed by atoms with Crippen LogP contribution in [0.2, 0.25) is 0 Å². The predicted molar refractivity (Wildman–Crippen MR) is 68.7 cm³/mol. The highest BCUT2D eigenvalue weighted by molar-refractivity contribution is 4.81. The number of aliphatic hydroxyl groups excluding tert-OH is 1. The fourth-order valence-electron chi connectivity index (χ4n) is 1.31. The molecule has 0 amide bonds. The Morgan fingerprint density at radius 2 is 1.94 bits per heavy atom. The van der Waals surface area contributed by atoms with Gasteiger partial charge < -0.3 is 15.2 Å². The average Bonchev–Trinajstić information content (AvgIpc) is 2.26. The lowest BCUT2D eigenvalue weighted by Crippen LogP contribution is -2.47. The fraction of sp³-hybridized carbons (Fsp3) is 1.00. The van der Waals surface area contributed by atoms with Gasteiger partial charge in [0.15, 0.2) is 0 Å². The smallest absolute Gasteiger partial charge is 0.0611 e. The maximum Gasteiger partial charge on any atom is 0.0611 e. The van der Waals surface area contributed by atoms with E-state index in [1.807, 2.05) is 6.92 Å². The Morgan fingerprint density at radius 1 is 1.31 bits per heavy atom. The number of aliphatic hydroxyl groups is 1. The van der Waals surface area contributed by atoms with E-state index in [0.717, 1.165) is 19.4 Å². The standard InChI is InChI=1S/C13H29NO2/c1-6-8-14-13(5,10-15)7-9-16-12(4)11(2)3/h11-12,14-15H,6-10H2,1-5H3. The molecule has 2 N–H and O–H groups in total. The van der Waals surface area contributed by atoms with E-state index in [0.29, 0.717) is 12.5 Å². The average molecular weight is 231 g/mol. The molecule has 2 atom stereocenters. The molecule has 16 heavy (non-hydrogen) atoms. The minimum Gasteiger partial charge on any atom is -0.394 e. The highest BCUT2D eigenvalue weighted by atomic mass is 16.5. The van der Waals surface area contributed by atoms with Crippen molar-refractivity contribution in [1.29, 1.82) is 0 Å². The van der Waals surface area contributed by atoms with Crippen LogP contribution in [0.4, 0.5) is 0 Å². The second-order valence-corrected chi connectivity index (χ2v) is 5.22. The molecule has 0 aliphatic carbocycles. The molecule has 0 aromatic heterocycles. The summed E-state index contributed by atoms with van der Waals surface area (Å²) in [6.07, 6.45) is 2.22. The van der Waals surface area contributed by atoms with E-state index in [2.05, 4.69) is 33.0 Å². The van der Waals surface area contributed by atoms with E-state index in [9.17, 15) is 5.11 Å². The monoisotopic (exact) mass is 231 g/mol. The highest BCUT2D eigenvalue weighted by Crippen LogP contribution is 2.12. The lowest BCUT2D eigenvalue weighted by Gasteiger charge is -2.29. The minimum atomic E-state index is -0.202. The van der Waals surface area contributed by atoms with Gasteiger partial charge in [-0.2, -0.15) is 0 Å². The maximum absolute atomic E-state index is 9.37. The van der Waals surface area contributed by atoms with Gasteiger partial charge in [0.05, 0.1) is 12.7 Å². The molecule has 0 bridgehead atoms. The Bertz CT molecular complexity index is 173. The molecule has 0 aromatic carbocycles. The van der Waals surface area contributed by atoms with Crippen LogP contribution in [0.3, 0.4) is 0 Å². The third-order valence-electron chi connectivity index (χ3n) is 3.12. The van der Waals surface area contributed by atoms with Crippen molar-refractivity contribution in [1.82, 2.24) is 5.32 Å². The quantitative estimate of drug-likeness (QED) is 0.639. The van der Waals surface area contributed by atoms with Crippen LogP contribution in [0, 0.1) is 5.92 Å². The van der Waals surface area contributed by atoms with Crippen molar-refractivity contribution in [2.24, 2.45) is 5.92 Å². The van der Waals surface area contributed by atoms with Crippen molar-refractivity contribution in [2.75, 3.05) is 19.8 Å². The Hall–Kier alpha value is -0.120. The van der Waals surface area contributed by atoms with E-state index in [4.69, 9.17) is 4.74 Å². The summed E-state index contributed by atoms with van der Waals surface area (Å²) in [6.45, 7) is 12.4. The molecular formula is C13H29NO2. The van der Waals surface area contributed by atoms with Gasteiger partial charge in [-0.25, -0.2) is 0 Å². The molecule has 0 fully saturated rings. The van der Waals surface area contributed by atoms with Gasteiger partial charge in [0.25, 0.3) is 0 Å². The third kappa shape index (κ3) is 6.46. The molecule has 2 unspecified atom stereocenters. The maximum atomic E-state index is 9.37. The molecule has 0 heterocycles. The molecule has 0 rings (SSSR count). The molecule has 0 aliphatic heterocycles. The first-order valence-electron chi connectivity index (χ1n) is 6.42. The summed E-state index contributed by atoms with van der Waals surface area (Å²) >= 11 is 0. The van der Waals surface area contributed by atoms with Crippen LogP contribution in [0.25, 0.3) is 0 Å². The second-order valence-electron chi connectivity index (χ2n) is 5.22. The Morgan fingerprint density at radius 3 is 2.38 bits per heavy atom. The summed E-state index contributed by atoms with van der Waals surface area (Å²) in [7, 11) is 0. The normalized spacial score (nSPS) is 17.4. The van der Waals surface area contributed by atoms with E-state index in [1.165, 1.54) is 0 Å². The van der Waals surface area contributed by atoms with Crippen LogP contribution in [0.5, 0.6) is 0 Å². The van der Waals surface area contributed by atoms with E-state index < -0.39 is 0 Å². The lowest BCUT2D eigenvalue weighted by molar-refractivity contribution is 0.0169. The van der Waals surface area contributed by atoms with Crippen molar-refractivity contribution >= 4 is 0 Å². The van der Waals surface area contributed by atoms with Crippen molar-refractivity contribution in [3.8, 4) is 0 Å². The van der Waals surface area contributed by atoms with E-state index >= 15 is 0 Å². The topological polar surface area (TPSA) is 41.5 Å². The fourth-order valence-corrected chi connectivity index (χ4v) is 1.31. The summed E-state index contributed by atoms with van der Waals surface area (Å²) in [4.78, 5) is 0. The van der Waals surface area contributed by atoms with Gasteiger partial charge in [-0.1, -0.05) is 20.8 Å². The zero-order chi connectivity index (χ0) is 12.6. The Labute approximate surface area is 101 Å². The van der Waals surface area contributed by atoms with Crippen molar-refractivity contribution in [2.45, 2.75) is 59.1 Å². The molecule has 98 valence electrons. The molecule has 0 saturated carbocycles. The zero-order valence-electron chi connectivity index (χ0n) is 11.5. The van der Waals surface area contributed by atoms with Crippen molar-refractivity contribution in [3.05, 3.63) is 0 Å². The summed E-state index contributed by atoms with van der Waals surface area (Å²) < 4.78 is 5.73. The van der Waals surface area contributed by atoms with Gasteiger partial charge in [-0.05, 0) is 39.2 Å². The van der Waals surface area contributed by atoms with Gasteiger partial charge in [0.2, 0.25) is 0 Å².